The highest BCUT2D eigenvalue weighted by atomic mass is 15.0. The summed E-state index contributed by atoms with van der Waals surface area (Å²) in [5.41, 5.74) is 11.4. The lowest BCUT2D eigenvalue weighted by Gasteiger charge is -1.99. The minimum absolute atomic E-state index is 0.557. The monoisotopic (exact) mass is 251 g/mol. The Labute approximate surface area is 112 Å². The second kappa shape index (κ2) is 4.86. The smallest absolute Gasteiger partial charge is 0.137 e. The Balaban J connectivity index is 1.93. The normalized spacial score (nSPS) is 11.1. The van der Waals surface area contributed by atoms with Gasteiger partial charge in [0.15, 0.2) is 0 Å². The minimum atomic E-state index is 0.557. The fourth-order valence-electron chi connectivity index (χ4n) is 2.33. The summed E-state index contributed by atoms with van der Waals surface area (Å²) >= 11 is 0. The fraction of sp³-hybridized carbons (Fsp3) is 0.188. The van der Waals surface area contributed by atoms with E-state index in [1.54, 1.807) is 0 Å². The molecule has 0 unspecified atom stereocenters. The van der Waals surface area contributed by atoms with Crippen LogP contribution in [0.5, 0.6) is 0 Å². The summed E-state index contributed by atoms with van der Waals surface area (Å²) in [5, 5.41) is 0. The Kier molecular flexibility index (Phi) is 3.05. The van der Waals surface area contributed by atoms with Crippen molar-refractivity contribution < 1.29 is 0 Å². The minimum Gasteiger partial charge on any atom is -0.326 e. The maximum absolute atomic E-state index is 5.65. The van der Waals surface area contributed by atoms with E-state index >= 15 is 0 Å². The Morgan fingerprint density at radius 3 is 2.79 bits per heavy atom. The molecular weight excluding hydrogens is 234 g/mol. The van der Waals surface area contributed by atoms with Crippen molar-refractivity contribution in [3.63, 3.8) is 0 Å². The van der Waals surface area contributed by atoms with E-state index in [1.807, 2.05) is 22.7 Å². The molecule has 0 radical (unpaired) electrons. The average molecular weight is 251 g/mol. The van der Waals surface area contributed by atoms with Gasteiger partial charge in [0.1, 0.15) is 5.65 Å². The van der Waals surface area contributed by atoms with Crippen molar-refractivity contribution in [1.82, 2.24) is 9.38 Å². The zero-order chi connectivity index (χ0) is 13.2. The number of rotatable bonds is 3. The van der Waals surface area contributed by atoms with Gasteiger partial charge in [-0.05, 0) is 24.1 Å². The maximum atomic E-state index is 5.65. The van der Waals surface area contributed by atoms with Crippen LogP contribution in [-0.2, 0) is 13.0 Å². The second-order valence-electron chi connectivity index (χ2n) is 4.91. The molecule has 0 aliphatic carbocycles. The molecule has 0 spiro atoms. The molecule has 0 fully saturated rings. The topological polar surface area (TPSA) is 43.3 Å². The van der Waals surface area contributed by atoms with Gasteiger partial charge in [0.2, 0.25) is 0 Å². The van der Waals surface area contributed by atoms with Crippen molar-refractivity contribution in [1.29, 1.82) is 0 Å². The van der Waals surface area contributed by atoms with Gasteiger partial charge in [-0.3, -0.25) is 0 Å². The summed E-state index contributed by atoms with van der Waals surface area (Å²) in [6.45, 7) is 2.67. The molecule has 0 atom stereocenters. The largest absolute Gasteiger partial charge is 0.326 e. The Morgan fingerprint density at radius 2 is 2.00 bits per heavy atom. The number of hydrogen-bond acceptors (Lipinski definition) is 2. The molecule has 0 amide bonds. The van der Waals surface area contributed by atoms with Gasteiger partial charge in [-0.15, -0.1) is 0 Å². The van der Waals surface area contributed by atoms with Gasteiger partial charge < -0.3 is 10.1 Å². The number of hydrogen-bond donors (Lipinski definition) is 1. The Hall–Kier alpha value is -2.13. The van der Waals surface area contributed by atoms with Crippen LogP contribution in [0.25, 0.3) is 5.65 Å². The zero-order valence-corrected chi connectivity index (χ0v) is 11.0. The summed E-state index contributed by atoms with van der Waals surface area (Å²) in [6, 6.07) is 12.6. The number of nitrogens with zero attached hydrogens (tertiary/aromatic N) is 2. The average Bonchev–Trinajstić information content (AvgIpc) is 2.79. The number of aryl methyl sites for hydroxylation is 1. The standard InChI is InChI=1S/C16H17N3/c1-12-3-2-4-13(7-12)8-15-11-19-10-14(9-17)5-6-16(19)18-15/h2-7,10-11H,8-9,17H2,1H3. The lowest BCUT2D eigenvalue weighted by atomic mass is 10.1. The molecule has 0 aliphatic heterocycles. The number of aromatic nitrogens is 2. The van der Waals surface area contributed by atoms with Gasteiger partial charge in [-0.25, -0.2) is 4.98 Å². The first-order chi connectivity index (χ1) is 9.24. The second-order valence-corrected chi connectivity index (χ2v) is 4.91. The molecule has 0 aliphatic rings. The molecule has 2 aromatic heterocycles. The van der Waals surface area contributed by atoms with E-state index in [9.17, 15) is 0 Å². The van der Waals surface area contributed by atoms with Crippen LogP contribution in [0.1, 0.15) is 22.4 Å². The zero-order valence-electron chi connectivity index (χ0n) is 11.0. The van der Waals surface area contributed by atoms with Crippen LogP contribution in [0, 0.1) is 6.92 Å². The van der Waals surface area contributed by atoms with Crippen molar-refractivity contribution in [2.24, 2.45) is 5.73 Å². The molecule has 3 aromatic rings. The first kappa shape index (κ1) is 11.9. The highest BCUT2D eigenvalue weighted by Crippen LogP contribution is 2.13. The quantitative estimate of drug-likeness (QED) is 0.777. The summed E-state index contributed by atoms with van der Waals surface area (Å²) in [4.78, 5) is 4.64. The van der Waals surface area contributed by atoms with Gasteiger partial charge in [0.05, 0.1) is 5.69 Å². The van der Waals surface area contributed by atoms with Crippen molar-refractivity contribution in [3.8, 4) is 0 Å². The molecule has 3 rings (SSSR count). The highest BCUT2D eigenvalue weighted by molar-refractivity contribution is 5.42. The fourth-order valence-corrected chi connectivity index (χ4v) is 2.33. The van der Waals surface area contributed by atoms with E-state index < -0.39 is 0 Å². The summed E-state index contributed by atoms with van der Waals surface area (Å²) in [5.74, 6) is 0. The van der Waals surface area contributed by atoms with Gasteiger partial charge in [0, 0.05) is 25.4 Å². The molecule has 3 nitrogen and oxygen atoms in total. The number of nitrogens with two attached hydrogens (primary N) is 1. The van der Waals surface area contributed by atoms with Crippen molar-refractivity contribution in [2.45, 2.75) is 19.9 Å². The van der Waals surface area contributed by atoms with Crippen molar-refractivity contribution >= 4 is 5.65 Å². The third kappa shape index (κ3) is 2.51. The Morgan fingerprint density at radius 1 is 1.11 bits per heavy atom. The van der Waals surface area contributed by atoms with Crippen LogP contribution in [0.3, 0.4) is 0 Å². The number of imidazole rings is 1. The summed E-state index contributed by atoms with van der Waals surface area (Å²) in [6.07, 6.45) is 4.99. The predicted molar refractivity (Wildman–Crippen MR) is 77.1 cm³/mol. The molecule has 2 N–H and O–H groups in total. The molecule has 2 heterocycles. The third-order valence-corrected chi connectivity index (χ3v) is 3.27. The van der Waals surface area contributed by atoms with Crippen LogP contribution in [0.2, 0.25) is 0 Å². The lowest BCUT2D eigenvalue weighted by Crippen LogP contribution is -1.97. The predicted octanol–water partition coefficient (Wildman–Crippen LogP) is 2.69. The summed E-state index contributed by atoms with van der Waals surface area (Å²) in [7, 11) is 0. The van der Waals surface area contributed by atoms with Gasteiger partial charge in [-0.1, -0.05) is 35.9 Å². The van der Waals surface area contributed by atoms with E-state index in [0.717, 1.165) is 23.3 Å². The number of pyridine rings is 1. The van der Waals surface area contributed by atoms with Gasteiger partial charge in [0.25, 0.3) is 0 Å². The van der Waals surface area contributed by atoms with Crippen LogP contribution < -0.4 is 5.73 Å². The SMILES string of the molecule is Cc1cccc(Cc2cn3cc(CN)ccc3n2)c1. The Bertz CT molecular complexity index is 713. The molecule has 96 valence electrons. The van der Waals surface area contributed by atoms with Crippen molar-refractivity contribution in [2.75, 3.05) is 0 Å². The molecule has 0 bridgehead atoms. The van der Waals surface area contributed by atoms with Gasteiger partial charge in [-0.2, -0.15) is 0 Å². The van der Waals surface area contributed by atoms with E-state index in [4.69, 9.17) is 5.73 Å². The molecule has 0 saturated carbocycles. The summed E-state index contributed by atoms with van der Waals surface area (Å²) < 4.78 is 2.05. The number of fused-ring (bicyclic) bond motifs is 1. The van der Waals surface area contributed by atoms with E-state index in [-0.39, 0.29) is 0 Å². The van der Waals surface area contributed by atoms with Crippen LogP contribution in [-0.4, -0.2) is 9.38 Å². The van der Waals surface area contributed by atoms with E-state index in [1.165, 1.54) is 11.1 Å². The maximum Gasteiger partial charge on any atom is 0.137 e. The molecular formula is C16H17N3. The number of benzene rings is 1. The van der Waals surface area contributed by atoms with E-state index in [0.29, 0.717) is 6.54 Å². The van der Waals surface area contributed by atoms with Gasteiger partial charge >= 0.3 is 0 Å². The first-order valence-electron chi connectivity index (χ1n) is 6.47. The first-order valence-corrected chi connectivity index (χ1v) is 6.47. The van der Waals surface area contributed by atoms with Crippen LogP contribution >= 0.6 is 0 Å². The van der Waals surface area contributed by atoms with E-state index in [2.05, 4.69) is 42.4 Å². The molecule has 3 heteroatoms. The van der Waals surface area contributed by atoms with Crippen molar-refractivity contribution in [3.05, 3.63) is 71.2 Å². The van der Waals surface area contributed by atoms with Crippen LogP contribution in [0.4, 0.5) is 0 Å². The third-order valence-electron chi connectivity index (χ3n) is 3.27. The highest BCUT2D eigenvalue weighted by Gasteiger charge is 2.03. The molecule has 0 saturated heterocycles. The van der Waals surface area contributed by atoms with Crippen LogP contribution in [0.15, 0.2) is 48.8 Å². The lowest BCUT2D eigenvalue weighted by molar-refractivity contribution is 1.03. The molecule has 1 aromatic carbocycles. The molecule has 19 heavy (non-hydrogen) atoms.